The summed E-state index contributed by atoms with van der Waals surface area (Å²) in [6.45, 7) is 4.45. The van der Waals surface area contributed by atoms with Crippen LogP contribution in [0.25, 0.3) is 11.3 Å². The lowest BCUT2D eigenvalue weighted by molar-refractivity contribution is -0.0277. The van der Waals surface area contributed by atoms with Crippen molar-refractivity contribution in [3.8, 4) is 11.3 Å². The van der Waals surface area contributed by atoms with E-state index in [2.05, 4.69) is 14.6 Å². The average Bonchev–Trinajstić information content (AvgIpc) is 3.42. The summed E-state index contributed by atoms with van der Waals surface area (Å²) in [4.78, 5) is 6.88. The number of ether oxygens (including phenoxy) is 1. The van der Waals surface area contributed by atoms with E-state index in [-0.39, 0.29) is 17.5 Å². The second-order valence-electron chi connectivity index (χ2n) is 6.85. The molecule has 0 amide bonds. The van der Waals surface area contributed by atoms with Gasteiger partial charge in [0.25, 0.3) is 0 Å². The molecule has 8 heteroatoms. The molecule has 26 heavy (non-hydrogen) atoms. The van der Waals surface area contributed by atoms with Gasteiger partial charge < -0.3 is 9.15 Å². The molecule has 1 saturated carbocycles. The zero-order valence-corrected chi connectivity index (χ0v) is 15.5. The summed E-state index contributed by atoms with van der Waals surface area (Å²) in [5.41, 5.74) is 1.51. The molecule has 0 spiro atoms. The van der Waals surface area contributed by atoms with Crippen molar-refractivity contribution in [1.29, 1.82) is 0 Å². The van der Waals surface area contributed by atoms with Crippen LogP contribution in [0.2, 0.25) is 0 Å². The summed E-state index contributed by atoms with van der Waals surface area (Å²) in [6, 6.07) is 7.31. The Morgan fingerprint density at radius 3 is 2.69 bits per heavy atom. The molecule has 1 aromatic carbocycles. The van der Waals surface area contributed by atoms with Crippen LogP contribution in [-0.4, -0.2) is 56.7 Å². The Balaban J connectivity index is 1.38. The fourth-order valence-electron chi connectivity index (χ4n) is 3.22. The van der Waals surface area contributed by atoms with E-state index in [1.807, 2.05) is 0 Å². The van der Waals surface area contributed by atoms with Crippen LogP contribution in [0.1, 0.15) is 18.7 Å². The first kappa shape index (κ1) is 17.7. The number of benzene rings is 1. The highest BCUT2D eigenvalue weighted by atomic mass is 32.2. The van der Waals surface area contributed by atoms with Crippen LogP contribution in [-0.2, 0) is 14.8 Å². The highest BCUT2D eigenvalue weighted by Crippen LogP contribution is 2.28. The Morgan fingerprint density at radius 1 is 1.27 bits per heavy atom. The maximum atomic E-state index is 12.5. The summed E-state index contributed by atoms with van der Waals surface area (Å²) in [7, 11) is -3.57. The standard InChI is InChI=1S/C18H23N3O4S/c1-13-20-18(12-25-13)14-2-6-17(7-3-14)26(22,23)19-10-16-11-21(8-9-24-16)15-4-5-15/h2-3,6-7,12,15-16,19H,4-5,8-11H2,1H3/t16-/m0/s1. The van der Waals surface area contributed by atoms with E-state index >= 15 is 0 Å². The largest absolute Gasteiger partial charge is 0.449 e. The van der Waals surface area contributed by atoms with E-state index in [0.29, 0.717) is 24.2 Å². The smallest absolute Gasteiger partial charge is 0.240 e. The number of oxazole rings is 1. The lowest BCUT2D eigenvalue weighted by Gasteiger charge is -2.33. The maximum Gasteiger partial charge on any atom is 0.240 e. The minimum atomic E-state index is -3.57. The molecular weight excluding hydrogens is 354 g/mol. The molecular formula is C18H23N3O4S. The van der Waals surface area contributed by atoms with Gasteiger partial charge in [-0.25, -0.2) is 18.1 Å². The van der Waals surface area contributed by atoms with Crippen molar-refractivity contribution in [2.45, 2.75) is 36.8 Å². The van der Waals surface area contributed by atoms with Gasteiger partial charge in [-0.15, -0.1) is 0 Å². The van der Waals surface area contributed by atoms with Gasteiger partial charge in [-0.05, 0) is 25.0 Å². The van der Waals surface area contributed by atoms with Crippen LogP contribution >= 0.6 is 0 Å². The molecule has 1 aliphatic heterocycles. The third-order valence-corrected chi connectivity index (χ3v) is 6.25. The summed E-state index contributed by atoms with van der Waals surface area (Å²) >= 11 is 0. The molecule has 7 nitrogen and oxygen atoms in total. The predicted molar refractivity (Wildman–Crippen MR) is 96.2 cm³/mol. The molecule has 1 saturated heterocycles. The van der Waals surface area contributed by atoms with Crippen LogP contribution in [0.4, 0.5) is 0 Å². The molecule has 2 fully saturated rings. The monoisotopic (exact) mass is 377 g/mol. The van der Waals surface area contributed by atoms with E-state index in [9.17, 15) is 8.42 Å². The molecule has 0 radical (unpaired) electrons. The molecule has 0 bridgehead atoms. The normalized spacial score (nSPS) is 21.8. The lowest BCUT2D eigenvalue weighted by atomic mass is 10.2. The first-order valence-electron chi connectivity index (χ1n) is 8.89. The van der Waals surface area contributed by atoms with E-state index in [1.165, 1.54) is 12.8 Å². The van der Waals surface area contributed by atoms with E-state index < -0.39 is 10.0 Å². The molecule has 1 aliphatic carbocycles. The van der Waals surface area contributed by atoms with Crippen LogP contribution < -0.4 is 4.72 Å². The van der Waals surface area contributed by atoms with Crippen LogP contribution in [0.3, 0.4) is 0 Å². The van der Waals surface area contributed by atoms with Gasteiger partial charge in [-0.2, -0.15) is 0 Å². The predicted octanol–water partition coefficient (Wildman–Crippen LogP) is 1.79. The summed E-state index contributed by atoms with van der Waals surface area (Å²) in [5.74, 6) is 0.575. The van der Waals surface area contributed by atoms with Crippen molar-refractivity contribution in [3.05, 3.63) is 36.4 Å². The van der Waals surface area contributed by atoms with Crippen LogP contribution in [0, 0.1) is 6.92 Å². The number of hydrogen-bond acceptors (Lipinski definition) is 6. The molecule has 2 heterocycles. The molecule has 1 atom stereocenters. The van der Waals surface area contributed by atoms with Gasteiger partial charge in [0.1, 0.15) is 12.0 Å². The van der Waals surface area contributed by atoms with Gasteiger partial charge in [0.05, 0.1) is 17.6 Å². The van der Waals surface area contributed by atoms with Crippen molar-refractivity contribution >= 4 is 10.0 Å². The zero-order chi connectivity index (χ0) is 18.1. The van der Waals surface area contributed by atoms with Gasteiger partial charge >= 0.3 is 0 Å². The van der Waals surface area contributed by atoms with Crippen LogP contribution in [0.15, 0.2) is 39.8 Å². The number of hydrogen-bond donors (Lipinski definition) is 1. The summed E-state index contributed by atoms with van der Waals surface area (Å²) < 4.78 is 38.7. The van der Waals surface area contributed by atoms with E-state index in [1.54, 1.807) is 37.5 Å². The molecule has 2 aliphatic rings. The third kappa shape index (κ3) is 3.98. The molecule has 4 rings (SSSR count). The van der Waals surface area contributed by atoms with Crippen molar-refractivity contribution in [2.75, 3.05) is 26.2 Å². The fraction of sp³-hybridized carbons (Fsp3) is 0.500. The third-order valence-electron chi connectivity index (χ3n) is 4.81. The van der Waals surface area contributed by atoms with Crippen LogP contribution in [0.5, 0.6) is 0 Å². The Morgan fingerprint density at radius 2 is 2.04 bits per heavy atom. The van der Waals surface area contributed by atoms with Gasteiger partial charge in [0.2, 0.25) is 10.0 Å². The quantitative estimate of drug-likeness (QED) is 0.826. The minimum absolute atomic E-state index is 0.100. The second kappa shape index (κ2) is 7.11. The van der Waals surface area contributed by atoms with Crippen molar-refractivity contribution in [1.82, 2.24) is 14.6 Å². The number of sulfonamides is 1. The number of morpholine rings is 1. The molecule has 2 aromatic rings. The Bertz CT molecular complexity index is 859. The zero-order valence-electron chi connectivity index (χ0n) is 14.7. The minimum Gasteiger partial charge on any atom is -0.449 e. The molecule has 0 unspecified atom stereocenters. The Hall–Kier alpha value is -1.74. The number of nitrogens with zero attached hydrogens (tertiary/aromatic N) is 2. The lowest BCUT2D eigenvalue weighted by Crippen LogP contribution is -2.48. The Kier molecular flexibility index (Phi) is 4.83. The first-order chi connectivity index (χ1) is 12.5. The van der Waals surface area contributed by atoms with Crippen molar-refractivity contribution in [3.63, 3.8) is 0 Å². The molecule has 1 aromatic heterocycles. The summed E-state index contributed by atoms with van der Waals surface area (Å²) in [5, 5.41) is 0. The fourth-order valence-corrected chi connectivity index (χ4v) is 4.29. The number of aromatic nitrogens is 1. The first-order valence-corrected chi connectivity index (χ1v) is 10.4. The molecule has 140 valence electrons. The number of nitrogens with one attached hydrogen (secondary N) is 1. The Labute approximate surface area is 153 Å². The molecule has 1 N–H and O–H groups in total. The highest BCUT2D eigenvalue weighted by molar-refractivity contribution is 7.89. The number of aryl methyl sites for hydroxylation is 1. The maximum absolute atomic E-state index is 12.5. The SMILES string of the molecule is Cc1nc(-c2ccc(S(=O)(=O)NC[C@H]3CN(C4CC4)CCO3)cc2)co1. The average molecular weight is 377 g/mol. The van der Waals surface area contributed by atoms with E-state index in [0.717, 1.165) is 18.7 Å². The van der Waals surface area contributed by atoms with Gasteiger partial charge in [0, 0.05) is 38.2 Å². The highest BCUT2D eigenvalue weighted by Gasteiger charge is 2.33. The van der Waals surface area contributed by atoms with Crippen molar-refractivity contribution in [2.24, 2.45) is 0 Å². The van der Waals surface area contributed by atoms with Gasteiger partial charge in [-0.3, -0.25) is 4.90 Å². The second-order valence-corrected chi connectivity index (χ2v) is 8.61. The van der Waals surface area contributed by atoms with E-state index in [4.69, 9.17) is 9.15 Å². The van der Waals surface area contributed by atoms with Gasteiger partial charge in [0.15, 0.2) is 5.89 Å². The van der Waals surface area contributed by atoms with Gasteiger partial charge in [-0.1, -0.05) is 12.1 Å². The summed E-state index contributed by atoms with van der Waals surface area (Å²) in [6.07, 6.45) is 3.95. The number of rotatable bonds is 6. The topological polar surface area (TPSA) is 84.7 Å². The van der Waals surface area contributed by atoms with Crippen molar-refractivity contribution < 1.29 is 17.6 Å².